The highest BCUT2D eigenvalue weighted by molar-refractivity contribution is 6.03. The number of nitrogens with zero attached hydrogens (tertiary/aromatic N) is 1. The number of unbranched alkanes of at least 4 members (excludes halogenated alkanes) is 2. The second-order valence-corrected chi connectivity index (χ2v) is 27.6. The van der Waals surface area contributed by atoms with Gasteiger partial charge in [-0.25, -0.2) is 0 Å². The molecule has 5 N–H and O–H groups in total. The molecule has 6 fully saturated rings. The largest absolute Gasteiger partial charge is 0.392 e. The molecule has 3 aromatic rings. The molecule has 10 nitrogen and oxygen atoms in total. The van der Waals surface area contributed by atoms with E-state index in [-0.39, 0.29) is 41.0 Å². The Labute approximate surface area is 443 Å². The highest BCUT2D eigenvalue weighted by Crippen LogP contribution is 2.77. The molecule has 74 heavy (non-hydrogen) atoms. The Bertz CT molecular complexity index is 2670. The van der Waals surface area contributed by atoms with E-state index < -0.39 is 45.1 Å². The minimum atomic E-state index is -0.920. The third-order valence-corrected chi connectivity index (χ3v) is 23.0. The predicted molar refractivity (Wildman–Crippen MR) is 292 cm³/mol. The highest BCUT2D eigenvalue weighted by Gasteiger charge is 2.75. The van der Waals surface area contributed by atoms with Crippen LogP contribution >= 0.6 is 0 Å². The van der Waals surface area contributed by atoms with Crippen LogP contribution < -0.4 is 5.32 Å². The fourth-order valence-electron chi connectivity index (χ4n) is 18.8. The van der Waals surface area contributed by atoms with Crippen molar-refractivity contribution in [2.45, 2.75) is 226 Å². The second kappa shape index (κ2) is 19.1. The van der Waals surface area contributed by atoms with E-state index in [1.807, 2.05) is 7.05 Å². The van der Waals surface area contributed by atoms with Gasteiger partial charge in [0.05, 0.1) is 34.4 Å². The first-order valence-electron chi connectivity index (χ1n) is 29.8. The standard InChI is InChI=1S/C64H93N3O7/c1-10-11-13-18-46-55(71)51-50-45(54(70)56-61(6)23-21-49(69)60(5,25-28-65-9)48(61)20-24-62(56,7)63(46,50)8)38-67-37-43(52-53(67)41(36-66-52)19-22-59(51,4)35-47(68)57-58(2,3)74-57)32-39-31-42(40-16-14-12-15-17-40)34-44(33-39)64(72)26-29-73-30-27-64/h31,33-34,36-37,40,45-48,54,56-57,65-66,68,70,72H,10-30,32,35,38H2,1-9H3. The van der Waals surface area contributed by atoms with E-state index in [9.17, 15) is 20.1 Å². The molecule has 0 radical (unpaired) electrons. The van der Waals surface area contributed by atoms with Crippen LogP contribution in [0.15, 0.2) is 41.7 Å². The topological polar surface area (TPSA) is 149 Å². The number of Topliss-reactive ketones (excluding diaryl/α,β-unsaturated/α-hetero) is 2. The minimum Gasteiger partial charge on any atom is -0.392 e. The number of epoxide rings is 1. The van der Waals surface area contributed by atoms with Crippen molar-refractivity contribution in [3.8, 4) is 0 Å². The predicted octanol–water partition coefficient (Wildman–Crippen LogP) is 11.6. The van der Waals surface area contributed by atoms with Crippen LogP contribution in [-0.2, 0) is 44.1 Å². The molecular formula is C64H93N3O7. The molecule has 1 aromatic carbocycles. The lowest BCUT2D eigenvalue weighted by Gasteiger charge is -2.71. The average molecular weight is 1020 g/mol. The lowest BCUT2D eigenvalue weighted by atomic mass is 9.33. The molecule has 3 aliphatic heterocycles. The Kier molecular flexibility index (Phi) is 13.6. The number of aromatic nitrogens is 2. The Morgan fingerprint density at radius 3 is 2.36 bits per heavy atom. The number of ketones is 2. The summed E-state index contributed by atoms with van der Waals surface area (Å²) in [5, 5.41) is 42.0. The summed E-state index contributed by atoms with van der Waals surface area (Å²) in [5.41, 5.74) is 6.46. The Morgan fingerprint density at radius 1 is 0.919 bits per heavy atom. The number of carbonyl (C=O) groups excluding carboxylic acids is 2. The number of hydrogen-bond donors (Lipinski definition) is 5. The third kappa shape index (κ3) is 8.19. The lowest BCUT2D eigenvalue weighted by Crippen LogP contribution is -2.69. The third-order valence-electron chi connectivity index (χ3n) is 23.0. The zero-order valence-electron chi connectivity index (χ0n) is 46.9. The van der Waals surface area contributed by atoms with E-state index in [0.717, 1.165) is 81.0 Å². The molecule has 5 heterocycles. The van der Waals surface area contributed by atoms with Crippen molar-refractivity contribution in [3.63, 3.8) is 0 Å². The zero-order chi connectivity index (χ0) is 52.4. The number of H-pyrrole nitrogens is 1. The van der Waals surface area contributed by atoms with Crippen LogP contribution in [-0.4, -0.2) is 87.2 Å². The number of rotatable bonds is 14. The maximum absolute atomic E-state index is 16.4. The number of aliphatic hydroxyl groups is 3. The highest BCUT2D eigenvalue weighted by atomic mass is 16.6. The number of aromatic amines is 1. The van der Waals surface area contributed by atoms with Gasteiger partial charge in [0, 0.05) is 86.1 Å². The van der Waals surface area contributed by atoms with Crippen molar-refractivity contribution in [1.82, 2.24) is 14.9 Å². The molecule has 5 aliphatic carbocycles. The van der Waals surface area contributed by atoms with Gasteiger partial charge in [-0.15, -0.1) is 0 Å². The van der Waals surface area contributed by atoms with Crippen molar-refractivity contribution in [1.29, 1.82) is 0 Å². The average Bonchev–Trinajstić information content (AvgIpc) is 3.62. The van der Waals surface area contributed by atoms with E-state index in [1.54, 1.807) is 0 Å². The summed E-state index contributed by atoms with van der Waals surface area (Å²) in [6.45, 7) is 20.6. The summed E-state index contributed by atoms with van der Waals surface area (Å²) in [4.78, 5) is 34.5. The molecule has 2 aromatic heterocycles. The van der Waals surface area contributed by atoms with Crippen molar-refractivity contribution in [2.24, 2.45) is 50.7 Å². The quantitative estimate of drug-likeness (QED) is 0.0792. The van der Waals surface area contributed by atoms with Gasteiger partial charge in [-0.05, 0) is 159 Å². The lowest BCUT2D eigenvalue weighted by molar-refractivity contribution is -0.229. The second-order valence-electron chi connectivity index (χ2n) is 27.6. The van der Waals surface area contributed by atoms with Crippen molar-refractivity contribution in [2.75, 3.05) is 26.8 Å². The SMILES string of the molecule is CCCCCC1C(=O)C2=C3C(Cn4cc(Cc5cc(C6CCCCC6)cc(C6(O)CCOCC6)c5)c5[nH]cc(c54)CCC2(C)CC(O)C2OC2(C)C)C(O)C2C4(C)CCC(=O)C(C)(CCNC)C4CCC2(C)C31C. The maximum atomic E-state index is 16.4. The van der Waals surface area contributed by atoms with Gasteiger partial charge in [-0.2, -0.15) is 0 Å². The van der Waals surface area contributed by atoms with Crippen molar-refractivity contribution < 1.29 is 34.4 Å². The minimum absolute atomic E-state index is 0.109. The number of hydrogen-bond acceptors (Lipinski definition) is 8. The maximum Gasteiger partial charge on any atom is 0.163 e. The molecule has 10 heteroatoms. The number of aliphatic hydroxyl groups excluding tert-OH is 2. The first-order valence-corrected chi connectivity index (χ1v) is 29.8. The Hall–Kier alpha value is -3.12. The molecule has 406 valence electrons. The van der Waals surface area contributed by atoms with Crippen LogP contribution in [0.1, 0.15) is 205 Å². The summed E-state index contributed by atoms with van der Waals surface area (Å²) in [6.07, 6.45) is 20.3. The van der Waals surface area contributed by atoms with Gasteiger partial charge in [0.2, 0.25) is 0 Å². The normalized spacial score (nSPS) is 38.2. The van der Waals surface area contributed by atoms with Crippen LogP contribution in [0.2, 0.25) is 0 Å². The molecule has 0 bridgehead atoms. The summed E-state index contributed by atoms with van der Waals surface area (Å²) in [7, 11) is 1.98. The summed E-state index contributed by atoms with van der Waals surface area (Å²) < 4.78 is 14.4. The van der Waals surface area contributed by atoms with Gasteiger partial charge in [0.15, 0.2) is 5.78 Å². The number of aryl methyl sites for hydroxylation is 1. The molecular weight excluding hydrogens is 923 g/mol. The van der Waals surface area contributed by atoms with Crippen molar-refractivity contribution >= 4 is 22.6 Å². The first-order chi connectivity index (χ1) is 35.2. The zero-order valence-corrected chi connectivity index (χ0v) is 46.9. The van der Waals surface area contributed by atoms with E-state index in [4.69, 9.17) is 9.47 Å². The molecule has 2 saturated heterocycles. The van der Waals surface area contributed by atoms with Gasteiger partial charge >= 0.3 is 0 Å². The Balaban J connectivity index is 1.08. The van der Waals surface area contributed by atoms with E-state index in [0.29, 0.717) is 70.0 Å². The van der Waals surface area contributed by atoms with E-state index in [2.05, 4.69) is 101 Å². The van der Waals surface area contributed by atoms with Gasteiger partial charge in [-0.3, -0.25) is 9.59 Å². The number of ether oxygens (including phenoxy) is 2. The fraction of sp³-hybridized carbons (Fsp3) is 0.750. The molecule has 12 atom stereocenters. The molecule has 8 aliphatic rings. The molecule has 4 saturated carbocycles. The number of benzene rings is 1. The molecule has 0 amide bonds. The number of allylic oxidation sites excluding steroid dienone is 1. The van der Waals surface area contributed by atoms with Crippen LogP contribution in [0.3, 0.4) is 0 Å². The summed E-state index contributed by atoms with van der Waals surface area (Å²) in [5.74, 6) is 0.443. The van der Waals surface area contributed by atoms with Crippen LogP contribution in [0.25, 0.3) is 11.0 Å². The Morgan fingerprint density at radius 2 is 1.66 bits per heavy atom. The van der Waals surface area contributed by atoms with Crippen LogP contribution in [0.4, 0.5) is 0 Å². The monoisotopic (exact) mass is 1020 g/mol. The van der Waals surface area contributed by atoms with Crippen LogP contribution in [0.5, 0.6) is 0 Å². The van der Waals surface area contributed by atoms with Gasteiger partial charge in [-0.1, -0.05) is 98.3 Å². The molecule has 11 rings (SSSR count). The van der Waals surface area contributed by atoms with E-state index >= 15 is 4.79 Å². The molecule has 0 spiro atoms. The van der Waals surface area contributed by atoms with E-state index in [1.165, 1.54) is 65.4 Å². The van der Waals surface area contributed by atoms with Crippen LogP contribution in [0, 0.1) is 50.7 Å². The van der Waals surface area contributed by atoms with Gasteiger partial charge in [0.25, 0.3) is 0 Å². The summed E-state index contributed by atoms with van der Waals surface area (Å²) in [6, 6.07) is 7.03. The number of nitrogens with one attached hydrogen (secondary N) is 2. The van der Waals surface area contributed by atoms with Crippen molar-refractivity contribution in [3.05, 3.63) is 69.6 Å². The number of carbonyl (C=O) groups is 2. The molecule has 12 unspecified atom stereocenters. The fourth-order valence-corrected chi connectivity index (χ4v) is 18.8. The summed E-state index contributed by atoms with van der Waals surface area (Å²) >= 11 is 0. The smallest absolute Gasteiger partial charge is 0.163 e. The van der Waals surface area contributed by atoms with Gasteiger partial charge in [0.1, 0.15) is 11.9 Å². The number of fused-ring (bicyclic) bond motifs is 4. The van der Waals surface area contributed by atoms with Gasteiger partial charge < -0.3 is 39.7 Å². The first kappa shape index (κ1) is 52.9.